The minimum Gasteiger partial charge on any atom is -0.426 e. The molecule has 2 aliphatic heterocycles. The molecule has 2 heterocycles. The summed E-state index contributed by atoms with van der Waals surface area (Å²) >= 11 is 0. The molecule has 0 N–H and O–H groups in total. The molecule has 0 spiro atoms. The Balaban J connectivity index is 1.29. The number of esters is 1. The summed E-state index contributed by atoms with van der Waals surface area (Å²) in [7, 11) is 0. The van der Waals surface area contributed by atoms with Gasteiger partial charge in [-0.15, -0.1) is 0 Å². The average Bonchev–Trinajstić information content (AvgIpc) is 3.33. The maximum Gasteiger partial charge on any atom is 0.316 e. The van der Waals surface area contributed by atoms with Crippen LogP contribution in [0.4, 0.5) is 11.4 Å². The van der Waals surface area contributed by atoms with Crippen LogP contribution in [0, 0.1) is 37.5 Å². The summed E-state index contributed by atoms with van der Waals surface area (Å²) in [4.78, 5) is 54.4. The number of carbonyl (C=O) groups excluding carboxylic acids is 4. The quantitative estimate of drug-likeness (QED) is 0.291. The van der Waals surface area contributed by atoms with Gasteiger partial charge < -0.3 is 9.64 Å². The van der Waals surface area contributed by atoms with E-state index in [0.29, 0.717) is 23.4 Å². The second-order valence-electron chi connectivity index (χ2n) is 9.78. The third kappa shape index (κ3) is 4.05. The van der Waals surface area contributed by atoms with Gasteiger partial charge in [-0.1, -0.05) is 31.2 Å². The molecule has 7 nitrogen and oxygen atoms in total. The van der Waals surface area contributed by atoms with Gasteiger partial charge in [-0.25, -0.2) is 4.90 Å². The highest BCUT2D eigenvalue weighted by atomic mass is 16.5. The molecule has 0 aromatic heterocycles. The Labute approximate surface area is 204 Å². The van der Waals surface area contributed by atoms with Crippen LogP contribution in [0.25, 0.3) is 0 Å². The van der Waals surface area contributed by atoms with E-state index in [-0.39, 0.29) is 48.4 Å². The van der Waals surface area contributed by atoms with E-state index < -0.39 is 11.9 Å². The highest BCUT2D eigenvalue weighted by Gasteiger charge is 2.50. The first kappa shape index (κ1) is 23.0. The van der Waals surface area contributed by atoms with Crippen molar-refractivity contribution in [3.05, 3.63) is 65.7 Å². The van der Waals surface area contributed by atoms with Crippen molar-refractivity contribution < 1.29 is 23.9 Å². The number of benzene rings is 2. The number of carbonyl (C=O) groups is 4. The standard InChI is InChI=1S/C28H28N2O5/c1-16-6-4-8-20(12-16)29-15-19(14-24(29)31)28(34)35-21-10-11-23(18(3)13-21)30-26(32)22-9-5-7-17(2)25(22)27(30)33/h4-8,10-13,17,19,22,25H,9,14-15H2,1-3H3/t17-,19-,22-,25-/m1/s1. The molecule has 2 aromatic rings. The van der Waals surface area contributed by atoms with Gasteiger partial charge in [0.15, 0.2) is 0 Å². The topological polar surface area (TPSA) is 84.0 Å². The lowest BCUT2D eigenvalue weighted by molar-refractivity contribution is -0.139. The molecule has 0 unspecified atom stereocenters. The van der Waals surface area contributed by atoms with E-state index in [9.17, 15) is 19.2 Å². The molecular formula is C28H28N2O5. The largest absolute Gasteiger partial charge is 0.426 e. The highest BCUT2D eigenvalue weighted by Crippen LogP contribution is 2.41. The van der Waals surface area contributed by atoms with E-state index in [4.69, 9.17) is 4.74 Å². The van der Waals surface area contributed by atoms with Crippen LogP contribution in [-0.2, 0) is 19.2 Å². The lowest BCUT2D eigenvalue weighted by atomic mass is 9.78. The van der Waals surface area contributed by atoms with Crippen LogP contribution in [0.5, 0.6) is 5.75 Å². The lowest BCUT2D eigenvalue weighted by Gasteiger charge is -2.22. The number of hydrogen-bond acceptors (Lipinski definition) is 5. The first-order valence-corrected chi connectivity index (χ1v) is 12.0. The van der Waals surface area contributed by atoms with E-state index in [1.54, 1.807) is 30.0 Å². The summed E-state index contributed by atoms with van der Waals surface area (Å²) in [6.45, 7) is 5.97. The number of ether oxygens (including phenoxy) is 1. The molecule has 7 heteroatoms. The Bertz CT molecular complexity index is 1270. The SMILES string of the molecule is Cc1cccc(N2C[C@H](C(=O)Oc3ccc(N4C(=O)[C@@H]5[C@H](C)C=CC[C@H]5C4=O)c(C)c3)CC2=O)c1. The van der Waals surface area contributed by atoms with Crippen LogP contribution in [0.3, 0.4) is 0 Å². The molecule has 3 aliphatic rings. The first-order chi connectivity index (χ1) is 16.7. The third-order valence-electron chi connectivity index (χ3n) is 7.27. The Kier molecular flexibility index (Phi) is 5.79. The molecule has 2 saturated heterocycles. The molecule has 4 atom stereocenters. The summed E-state index contributed by atoms with van der Waals surface area (Å²) < 4.78 is 5.60. The summed E-state index contributed by atoms with van der Waals surface area (Å²) in [6, 6.07) is 12.5. The van der Waals surface area contributed by atoms with Crippen molar-refractivity contribution in [3.8, 4) is 5.75 Å². The predicted octanol–water partition coefficient (Wildman–Crippen LogP) is 3.96. The Morgan fingerprint density at radius 1 is 1.03 bits per heavy atom. The molecular weight excluding hydrogens is 444 g/mol. The van der Waals surface area contributed by atoms with Crippen LogP contribution in [-0.4, -0.2) is 30.2 Å². The fourth-order valence-electron chi connectivity index (χ4n) is 5.44. The molecule has 2 aromatic carbocycles. The summed E-state index contributed by atoms with van der Waals surface area (Å²) in [5.41, 5.74) is 3.00. The molecule has 0 bridgehead atoms. The molecule has 1 aliphatic carbocycles. The van der Waals surface area contributed by atoms with Gasteiger partial charge in [-0.3, -0.25) is 19.2 Å². The van der Waals surface area contributed by atoms with Crippen molar-refractivity contribution in [2.24, 2.45) is 23.7 Å². The second-order valence-corrected chi connectivity index (χ2v) is 9.78. The summed E-state index contributed by atoms with van der Waals surface area (Å²) in [5.74, 6) is -1.82. The van der Waals surface area contributed by atoms with Crippen molar-refractivity contribution >= 4 is 35.1 Å². The molecule has 3 amide bonds. The molecule has 2 fully saturated rings. The summed E-state index contributed by atoms with van der Waals surface area (Å²) in [5, 5.41) is 0. The van der Waals surface area contributed by atoms with Crippen molar-refractivity contribution in [1.29, 1.82) is 0 Å². The number of nitrogens with zero attached hydrogens (tertiary/aromatic N) is 2. The van der Waals surface area contributed by atoms with Crippen molar-refractivity contribution in [1.82, 2.24) is 0 Å². The van der Waals surface area contributed by atoms with E-state index >= 15 is 0 Å². The third-order valence-corrected chi connectivity index (χ3v) is 7.27. The van der Waals surface area contributed by atoms with Crippen LogP contribution in [0.2, 0.25) is 0 Å². The van der Waals surface area contributed by atoms with E-state index in [2.05, 4.69) is 0 Å². The normalized spacial score (nSPS) is 25.9. The van der Waals surface area contributed by atoms with E-state index in [1.807, 2.05) is 50.3 Å². The van der Waals surface area contributed by atoms with Crippen LogP contribution in [0.15, 0.2) is 54.6 Å². The van der Waals surface area contributed by atoms with Gasteiger partial charge in [0.05, 0.1) is 23.4 Å². The first-order valence-electron chi connectivity index (χ1n) is 12.0. The Morgan fingerprint density at radius 2 is 1.83 bits per heavy atom. The minimum atomic E-state index is -0.568. The molecule has 0 radical (unpaired) electrons. The zero-order valence-corrected chi connectivity index (χ0v) is 20.1. The van der Waals surface area contributed by atoms with E-state index in [1.165, 1.54) is 4.90 Å². The number of rotatable bonds is 4. The number of hydrogen-bond donors (Lipinski definition) is 0. The minimum absolute atomic E-state index is 0.0178. The van der Waals surface area contributed by atoms with Gasteiger partial charge in [0.1, 0.15) is 5.75 Å². The molecule has 0 saturated carbocycles. The number of imide groups is 1. The molecule has 35 heavy (non-hydrogen) atoms. The van der Waals surface area contributed by atoms with E-state index in [0.717, 1.165) is 11.3 Å². The smallest absolute Gasteiger partial charge is 0.316 e. The second kappa shape index (κ2) is 8.80. The van der Waals surface area contributed by atoms with Gasteiger partial charge in [-0.05, 0) is 67.6 Å². The average molecular weight is 473 g/mol. The highest BCUT2D eigenvalue weighted by molar-refractivity contribution is 6.22. The van der Waals surface area contributed by atoms with Gasteiger partial charge in [0.25, 0.3) is 0 Å². The molecule has 180 valence electrons. The van der Waals surface area contributed by atoms with Crippen LogP contribution in [0.1, 0.15) is 30.9 Å². The van der Waals surface area contributed by atoms with Crippen molar-refractivity contribution in [3.63, 3.8) is 0 Å². The van der Waals surface area contributed by atoms with Crippen molar-refractivity contribution in [2.45, 2.75) is 33.6 Å². The monoisotopic (exact) mass is 472 g/mol. The number of anilines is 2. The fraction of sp³-hybridized carbons (Fsp3) is 0.357. The molecule has 5 rings (SSSR count). The maximum atomic E-state index is 13.1. The number of aryl methyl sites for hydroxylation is 2. The van der Waals surface area contributed by atoms with Gasteiger partial charge in [0, 0.05) is 18.7 Å². The fourth-order valence-corrected chi connectivity index (χ4v) is 5.44. The van der Waals surface area contributed by atoms with Gasteiger partial charge in [0.2, 0.25) is 17.7 Å². The Hall–Kier alpha value is -3.74. The maximum absolute atomic E-state index is 13.1. The zero-order valence-electron chi connectivity index (χ0n) is 20.1. The number of allylic oxidation sites excluding steroid dienone is 2. The predicted molar refractivity (Wildman–Crippen MR) is 131 cm³/mol. The van der Waals surface area contributed by atoms with Crippen LogP contribution < -0.4 is 14.5 Å². The Morgan fingerprint density at radius 3 is 2.54 bits per heavy atom. The summed E-state index contributed by atoms with van der Waals surface area (Å²) in [6.07, 6.45) is 4.64. The van der Waals surface area contributed by atoms with Crippen molar-refractivity contribution in [2.75, 3.05) is 16.3 Å². The van der Waals surface area contributed by atoms with Gasteiger partial charge >= 0.3 is 5.97 Å². The zero-order chi connectivity index (χ0) is 24.9. The van der Waals surface area contributed by atoms with Gasteiger partial charge in [-0.2, -0.15) is 0 Å². The number of fused-ring (bicyclic) bond motifs is 1. The van der Waals surface area contributed by atoms with Crippen LogP contribution >= 0.6 is 0 Å². The lowest BCUT2D eigenvalue weighted by Crippen LogP contribution is -2.32. The number of amides is 3.